The number of benzene rings is 1. The van der Waals surface area contributed by atoms with Gasteiger partial charge in [0.1, 0.15) is 4.88 Å². The molecule has 4 N–H and O–H groups in total. The Morgan fingerprint density at radius 2 is 2.21 bits per heavy atom. The number of hydrogen-bond acceptors (Lipinski definition) is 4. The molecule has 1 aliphatic rings. The number of aliphatic hydroxyl groups excluding tert-OH is 1. The fourth-order valence-electron chi connectivity index (χ4n) is 2.21. The van der Waals surface area contributed by atoms with E-state index in [0.717, 1.165) is 10.1 Å². The molecule has 1 heterocycles. The fourth-order valence-corrected chi connectivity index (χ4v) is 3.39. The summed E-state index contributed by atoms with van der Waals surface area (Å²) in [5.41, 5.74) is 6.48. The van der Waals surface area contributed by atoms with Gasteiger partial charge in [0, 0.05) is 21.2 Å². The molecule has 0 unspecified atom stereocenters. The average molecular weight is 297 g/mol. The third-order valence-electron chi connectivity index (χ3n) is 3.34. The van der Waals surface area contributed by atoms with Crippen molar-refractivity contribution < 1.29 is 9.90 Å². The van der Waals surface area contributed by atoms with Gasteiger partial charge >= 0.3 is 0 Å². The topological polar surface area (TPSA) is 75.4 Å². The molecule has 0 saturated heterocycles. The third-order valence-corrected chi connectivity index (χ3v) is 4.76. The Kier molecular flexibility index (Phi) is 3.12. The van der Waals surface area contributed by atoms with Gasteiger partial charge in [-0.2, -0.15) is 0 Å². The lowest BCUT2D eigenvalue weighted by Crippen LogP contribution is -2.46. The van der Waals surface area contributed by atoms with Crippen molar-refractivity contribution in [2.45, 2.75) is 25.0 Å². The van der Waals surface area contributed by atoms with Crippen molar-refractivity contribution >= 4 is 44.6 Å². The van der Waals surface area contributed by atoms with Crippen LogP contribution < -0.4 is 11.1 Å². The van der Waals surface area contributed by atoms with Crippen LogP contribution in [0.4, 0.5) is 5.69 Å². The molecule has 6 heteroatoms. The van der Waals surface area contributed by atoms with Gasteiger partial charge < -0.3 is 16.2 Å². The van der Waals surface area contributed by atoms with Crippen molar-refractivity contribution in [2.24, 2.45) is 0 Å². The van der Waals surface area contributed by atoms with Crippen LogP contribution in [0, 0.1) is 0 Å². The number of rotatable bonds is 2. The lowest BCUT2D eigenvalue weighted by Gasteiger charge is -2.31. The number of amides is 1. The minimum atomic E-state index is -0.288. The van der Waals surface area contributed by atoms with Crippen LogP contribution in [-0.4, -0.2) is 23.2 Å². The number of hydrogen-bond donors (Lipinski definition) is 3. The van der Waals surface area contributed by atoms with Crippen molar-refractivity contribution in [3.05, 3.63) is 28.1 Å². The van der Waals surface area contributed by atoms with Crippen LogP contribution >= 0.6 is 22.9 Å². The van der Waals surface area contributed by atoms with Crippen LogP contribution in [0.3, 0.4) is 0 Å². The molecule has 1 aromatic heterocycles. The van der Waals surface area contributed by atoms with E-state index in [9.17, 15) is 9.90 Å². The number of carbonyl (C=O) groups is 1. The standard InChI is InChI=1S/C13H13ClN2O2S/c14-6-1-2-10-9(3-6)11(15)12(19-10)13(18)16-7-4-8(17)5-7/h1-3,7-8,17H,4-5,15H2,(H,16,18). The monoisotopic (exact) mass is 296 g/mol. The Hall–Kier alpha value is -1.30. The molecule has 3 rings (SSSR count). The molecular weight excluding hydrogens is 284 g/mol. The lowest BCUT2D eigenvalue weighted by molar-refractivity contribution is 0.0565. The van der Waals surface area contributed by atoms with Gasteiger partial charge in [0.25, 0.3) is 5.91 Å². The Morgan fingerprint density at radius 1 is 1.47 bits per heavy atom. The third kappa shape index (κ3) is 2.29. The molecular formula is C13H13ClN2O2S. The van der Waals surface area contributed by atoms with E-state index < -0.39 is 0 Å². The molecule has 0 radical (unpaired) electrons. The number of aliphatic hydroxyl groups is 1. The first-order chi connectivity index (χ1) is 9.04. The van der Waals surface area contributed by atoms with E-state index in [4.69, 9.17) is 17.3 Å². The van der Waals surface area contributed by atoms with E-state index in [-0.39, 0.29) is 18.1 Å². The average Bonchev–Trinajstić information content (AvgIpc) is 2.65. The largest absolute Gasteiger partial charge is 0.397 e. The van der Waals surface area contributed by atoms with E-state index in [1.54, 1.807) is 12.1 Å². The SMILES string of the molecule is Nc1c(C(=O)NC2CC(O)C2)sc2ccc(Cl)cc12. The Labute approximate surface area is 119 Å². The quantitative estimate of drug-likeness (QED) is 0.796. The van der Waals surface area contributed by atoms with E-state index in [2.05, 4.69) is 5.32 Å². The normalized spacial score (nSPS) is 22.2. The Balaban J connectivity index is 1.87. The molecule has 1 aliphatic carbocycles. The Bertz CT molecular complexity index is 649. The van der Waals surface area contributed by atoms with Gasteiger partial charge in [-0.3, -0.25) is 4.79 Å². The molecule has 19 heavy (non-hydrogen) atoms. The second-order valence-corrected chi connectivity index (χ2v) is 6.27. The highest BCUT2D eigenvalue weighted by atomic mass is 35.5. The van der Waals surface area contributed by atoms with Crippen LogP contribution in [0.15, 0.2) is 18.2 Å². The zero-order valence-electron chi connectivity index (χ0n) is 10.0. The first-order valence-electron chi connectivity index (χ1n) is 6.01. The summed E-state index contributed by atoms with van der Waals surface area (Å²) in [5.74, 6) is -0.174. The summed E-state index contributed by atoms with van der Waals surface area (Å²) >= 11 is 7.29. The summed E-state index contributed by atoms with van der Waals surface area (Å²) < 4.78 is 0.945. The van der Waals surface area contributed by atoms with Gasteiger partial charge in [-0.05, 0) is 31.0 Å². The molecule has 2 aromatic rings. The maximum Gasteiger partial charge on any atom is 0.263 e. The number of anilines is 1. The first-order valence-corrected chi connectivity index (χ1v) is 7.20. The van der Waals surface area contributed by atoms with Gasteiger partial charge in [-0.15, -0.1) is 11.3 Å². The van der Waals surface area contributed by atoms with Gasteiger partial charge in [0.05, 0.1) is 11.8 Å². The molecule has 100 valence electrons. The fraction of sp³-hybridized carbons (Fsp3) is 0.308. The van der Waals surface area contributed by atoms with Crippen molar-refractivity contribution in [1.82, 2.24) is 5.32 Å². The summed E-state index contributed by atoms with van der Waals surface area (Å²) in [6, 6.07) is 5.47. The minimum absolute atomic E-state index is 0.0516. The predicted octanol–water partition coefficient (Wildman–Crippen LogP) is 2.39. The summed E-state index contributed by atoms with van der Waals surface area (Å²) in [7, 11) is 0. The molecule has 1 amide bonds. The zero-order chi connectivity index (χ0) is 13.6. The van der Waals surface area contributed by atoms with Crippen LogP contribution in [-0.2, 0) is 0 Å². The molecule has 4 nitrogen and oxygen atoms in total. The van der Waals surface area contributed by atoms with Crippen molar-refractivity contribution in [3.63, 3.8) is 0 Å². The molecule has 1 fully saturated rings. The summed E-state index contributed by atoms with van der Waals surface area (Å²) in [6.07, 6.45) is 0.939. The minimum Gasteiger partial charge on any atom is -0.397 e. The van der Waals surface area contributed by atoms with Crippen molar-refractivity contribution in [3.8, 4) is 0 Å². The summed E-state index contributed by atoms with van der Waals surface area (Å²) in [5, 5.41) is 13.5. The second-order valence-electron chi connectivity index (χ2n) is 4.78. The highest BCUT2D eigenvalue weighted by Crippen LogP contribution is 2.35. The maximum atomic E-state index is 12.1. The molecule has 1 saturated carbocycles. The molecule has 0 atom stereocenters. The number of fused-ring (bicyclic) bond motifs is 1. The highest BCUT2D eigenvalue weighted by molar-refractivity contribution is 7.21. The van der Waals surface area contributed by atoms with Crippen LogP contribution in [0.25, 0.3) is 10.1 Å². The zero-order valence-corrected chi connectivity index (χ0v) is 11.6. The second kappa shape index (κ2) is 4.67. The highest BCUT2D eigenvalue weighted by Gasteiger charge is 2.29. The summed E-state index contributed by atoms with van der Waals surface area (Å²) in [4.78, 5) is 12.6. The van der Waals surface area contributed by atoms with Gasteiger partial charge in [0.15, 0.2) is 0 Å². The number of halogens is 1. The van der Waals surface area contributed by atoms with E-state index in [1.807, 2.05) is 6.07 Å². The van der Waals surface area contributed by atoms with Gasteiger partial charge in [0.2, 0.25) is 0 Å². The number of carbonyl (C=O) groups excluding carboxylic acids is 1. The van der Waals surface area contributed by atoms with Crippen molar-refractivity contribution in [2.75, 3.05) is 5.73 Å². The molecule has 0 spiro atoms. The van der Waals surface area contributed by atoms with Crippen LogP contribution in [0.2, 0.25) is 5.02 Å². The van der Waals surface area contributed by atoms with E-state index in [1.165, 1.54) is 11.3 Å². The van der Waals surface area contributed by atoms with Crippen LogP contribution in [0.5, 0.6) is 0 Å². The first kappa shape index (κ1) is 12.7. The Morgan fingerprint density at radius 3 is 2.89 bits per heavy atom. The molecule has 1 aromatic carbocycles. The smallest absolute Gasteiger partial charge is 0.263 e. The van der Waals surface area contributed by atoms with Crippen LogP contribution in [0.1, 0.15) is 22.5 Å². The number of thiophene rings is 1. The lowest BCUT2D eigenvalue weighted by atomic mass is 9.89. The van der Waals surface area contributed by atoms with E-state index in [0.29, 0.717) is 28.4 Å². The molecule has 0 aliphatic heterocycles. The maximum absolute atomic E-state index is 12.1. The van der Waals surface area contributed by atoms with E-state index >= 15 is 0 Å². The van der Waals surface area contributed by atoms with Gasteiger partial charge in [-0.1, -0.05) is 11.6 Å². The van der Waals surface area contributed by atoms with Crippen molar-refractivity contribution in [1.29, 1.82) is 0 Å². The number of nitrogens with one attached hydrogen (secondary N) is 1. The van der Waals surface area contributed by atoms with Gasteiger partial charge in [-0.25, -0.2) is 0 Å². The molecule has 0 bridgehead atoms. The predicted molar refractivity (Wildman–Crippen MR) is 77.7 cm³/mol. The summed E-state index contributed by atoms with van der Waals surface area (Å²) in [6.45, 7) is 0. The number of nitrogens with two attached hydrogens (primary N) is 1. The number of nitrogen functional groups attached to an aromatic ring is 1.